The molecular weight excluding hydrogens is 214 g/mol. The molecule has 0 spiro atoms. The predicted molar refractivity (Wildman–Crippen MR) is 64.5 cm³/mol. The fourth-order valence-corrected chi connectivity index (χ4v) is 2.69. The van der Waals surface area contributed by atoms with Gasteiger partial charge < -0.3 is 10.3 Å². The smallest absolute Gasteiger partial charge is 0.229 e. The molecule has 0 saturated heterocycles. The summed E-state index contributed by atoms with van der Waals surface area (Å²) in [5, 5.41) is 4.13. The summed E-state index contributed by atoms with van der Waals surface area (Å²) in [6.07, 6.45) is 10.7. The van der Waals surface area contributed by atoms with Gasteiger partial charge in [0, 0.05) is 5.92 Å². The maximum atomic E-state index is 6.50. The summed E-state index contributed by atoms with van der Waals surface area (Å²) in [4.78, 5) is 4.54. The zero-order valence-corrected chi connectivity index (χ0v) is 10.3. The fraction of sp³-hybridized carbons (Fsp3) is 0.846. The standard InChI is InChI=1S/C13H21N3O/c14-13(8-4-2-1-3-5-9-13)12-15-11(17-16-12)10-6-7-10/h10H,1-9,14H2. The van der Waals surface area contributed by atoms with Crippen LogP contribution in [0.25, 0.3) is 0 Å². The van der Waals surface area contributed by atoms with Crippen molar-refractivity contribution in [2.24, 2.45) is 5.73 Å². The van der Waals surface area contributed by atoms with Crippen molar-refractivity contribution in [1.82, 2.24) is 10.1 Å². The first-order valence-corrected chi connectivity index (χ1v) is 6.91. The summed E-state index contributed by atoms with van der Waals surface area (Å²) in [6.45, 7) is 0. The summed E-state index contributed by atoms with van der Waals surface area (Å²) in [5.74, 6) is 2.08. The second kappa shape index (κ2) is 4.41. The van der Waals surface area contributed by atoms with Crippen molar-refractivity contribution >= 4 is 0 Å². The topological polar surface area (TPSA) is 64.9 Å². The molecule has 2 fully saturated rings. The average molecular weight is 235 g/mol. The summed E-state index contributed by atoms with van der Waals surface area (Å²) in [6, 6.07) is 0. The first-order chi connectivity index (χ1) is 8.28. The van der Waals surface area contributed by atoms with Crippen LogP contribution < -0.4 is 5.73 Å². The molecule has 0 aliphatic heterocycles. The Hall–Kier alpha value is -0.900. The molecule has 0 bridgehead atoms. The highest BCUT2D eigenvalue weighted by molar-refractivity contribution is 5.08. The maximum absolute atomic E-state index is 6.50. The lowest BCUT2D eigenvalue weighted by Gasteiger charge is -2.27. The molecule has 2 saturated carbocycles. The SMILES string of the molecule is NC1(c2noc(C3CC3)n2)CCCCCCC1. The number of nitrogens with zero attached hydrogens (tertiary/aromatic N) is 2. The van der Waals surface area contributed by atoms with Crippen LogP contribution in [0.1, 0.15) is 75.4 Å². The molecule has 0 radical (unpaired) electrons. The fourth-order valence-electron chi connectivity index (χ4n) is 2.69. The van der Waals surface area contributed by atoms with Crippen molar-refractivity contribution in [3.05, 3.63) is 11.7 Å². The second-order valence-corrected chi connectivity index (χ2v) is 5.65. The Morgan fingerprint density at radius 3 is 2.35 bits per heavy atom. The summed E-state index contributed by atoms with van der Waals surface area (Å²) >= 11 is 0. The van der Waals surface area contributed by atoms with E-state index in [4.69, 9.17) is 10.3 Å². The third-order valence-corrected chi connectivity index (χ3v) is 4.06. The Kier molecular flexibility index (Phi) is 2.90. The van der Waals surface area contributed by atoms with Crippen LogP contribution in [0.2, 0.25) is 0 Å². The lowest BCUT2D eigenvalue weighted by molar-refractivity contribution is 0.290. The first-order valence-electron chi connectivity index (χ1n) is 6.91. The largest absolute Gasteiger partial charge is 0.339 e. The molecule has 0 atom stereocenters. The molecule has 2 N–H and O–H groups in total. The minimum Gasteiger partial charge on any atom is -0.339 e. The predicted octanol–water partition coefficient (Wildman–Crippen LogP) is 2.85. The van der Waals surface area contributed by atoms with E-state index in [1.54, 1.807) is 0 Å². The van der Waals surface area contributed by atoms with Gasteiger partial charge in [0.15, 0.2) is 5.82 Å². The zero-order chi connectivity index (χ0) is 11.7. The molecule has 17 heavy (non-hydrogen) atoms. The Bertz CT molecular complexity index is 376. The van der Waals surface area contributed by atoms with E-state index in [-0.39, 0.29) is 5.54 Å². The van der Waals surface area contributed by atoms with Crippen LogP contribution in [-0.2, 0) is 5.54 Å². The average Bonchev–Trinajstić information content (AvgIpc) is 3.02. The Morgan fingerprint density at radius 2 is 1.71 bits per heavy atom. The van der Waals surface area contributed by atoms with Gasteiger partial charge in [0.25, 0.3) is 0 Å². The van der Waals surface area contributed by atoms with Gasteiger partial charge in [0.2, 0.25) is 5.89 Å². The van der Waals surface area contributed by atoms with Gasteiger partial charge in [-0.15, -0.1) is 0 Å². The van der Waals surface area contributed by atoms with Crippen molar-refractivity contribution in [2.45, 2.75) is 69.2 Å². The highest BCUT2D eigenvalue weighted by Crippen LogP contribution is 2.40. The minimum absolute atomic E-state index is 0.336. The quantitative estimate of drug-likeness (QED) is 0.856. The van der Waals surface area contributed by atoms with Gasteiger partial charge in [0.1, 0.15) is 0 Å². The molecule has 0 amide bonds. The lowest BCUT2D eigenvalue weighted by Crippen LogP contribution is -2.38. The molecule has 0 unspecified atom stereocenters. The van der Waals surface area contributed by atoms with Crippen molar-refractivity contribution in [1.29, 1.82) is 0 Å². The molecule has 1 aromatic heterocycles. The van der Waals surface area contributed by atoms with Crippen molar-refractivity contribution in [3.8, 4) is 0 Å². The molecule has 2 aliphatic carbocycles. The highest BCUT2D eigenvalue weighted by Gasteiger charge is 2.36. The van der Waals surface area contributed by atoms with Gasteiger partial charge in [-0.3, -0.25) is 0 Å². The number of aromatic nitrogens is 2. The Morgan fingerprint density at radius 1 is 1.06 bits per heavy atom. The molecule has 0 aromatic carbocycles. The van der Waals surface area contributed by atoms with E-state index in [0.717, 1.165) is 24.6 Å². The van der Waals surface area contributed by atoms with E-state index in [0.29, 0.717) is 5.92 Å². The van der Waals surface area contributed by atoms with Gasteiger partial charge in [-0.25, -0.2) is 0 Å². The van der Waals surface area contributed by atoms with Crippen molar-refractivity contribution in [3.63, 3.8) is 0 Å². The van der Waals surface area contributed by atoms with E-state index >= 15 is 0 Å². The third-order valence-electron chi connectivity index (χ3n) is 4.06. The van der Waals surface area contributed by atoms with E-state index in [2.05, 4.69) is 10.1 Å². The first kappa shape index (κ1) is 11.2. The van der Waals surface area contributed by atoms with Gasteiger partial charge in [-0.05, 0) is 25.7 Å². The van der Waals surface area contributed by atoms with Crippen LogP contribution in [0.4, 0.5) is 0 Å². The van der Waals surface area contributed by atoms with Gasteiger partial charge in [-0.1, -0.05) is 37.3 Å². The molecule has 4 heteroatoms. The molecule has 3 rings (SSSR count). The second-order valence-electron chi connectivity index (χ2n) is 5.65. The molecular formula is C13H21N3O. The number of hydrogen-bond acceptors (Lipinski definition) is 4. The number of rotatable bonds is 2. The number of hydrogen-bond donors (Lipinski definition) is 1. The monoisotopic (exact) mass is 235 g/mol. The minimum atomic E-state index is -0.336. The van der Waals surface area contributed by atoms with Crippen LogP contribution in [0.15, 0.2) is 4.52 Å². The highest BCUT2D eigenvalue weighted by atomic mass is 16.5. The van der Waals surface area contributed by atoms with E-state index in [1.165, 1.54) is 44.9 Å². The van der Waals surface area contributed by atoms with Crippen LogP contribution >= 0.6 is 0 Å². The maximum Gasteiger partial charge on any atom is 0.229 e. The molecule has 94 valence electrons. The zero-order valence-electron chi connectivity index (χ0n) is 10.3. The van der Waals surface area contributed by atoms with Gasteiger partial charge in [-0.2, -0.15) is 4.98 Å². The van der Waals surface area contributed by atoms with Crippen LogP contribution in [0.3, 0.4) is 0 Å². The van der Waals surface area contributed by atoms with E-state index < -0.39 is 0 Å². The van der Waals surface area contributed by atoms with Crippen LogP contribution in [0, 0.1) is 0 Å². The molecule has 1 heterocycles. The third kappa shape index (κ3) is 2.37. The molecule has 2 aliphatic rings. The van der Waals surface area contributed by atoms with E-state index in [1.807, 2.05) is 0 Å². The molecule has 4 nitrogen and oxygen atoms in total. The van der Waals surface area contributed by atoms with Gasteiger partial charge >= 0.3 is 0 Å². The van der Waals surface area contributed by atoms with Crippen LogP contribution in [0.5, 0.6) is 0 Å². The normalized spacial score (nSPS) is 25.2. The summed E-state index contributed by atoms with van der Waals surface area (Å²) in [5.41, 5.74) is 6.16. The summed E-state index contributed by atoms with van der Waals surface area (Å²) < 4.78 is 5.34. The molecule has 1 aromatic rings. The Labute approximate surface area is 102 Å². The lowest BCUT2D eigenvalue weighted by atomic mass is 9.84. The van der Waals surface area contributed by atoms with Crippen molar-refractivity contribution < 1.29 is 4.52 Å². The summed E-state index contributed by atoms with van der Waals surface area (Å²) in [7, 11) is 0. The van der Waals surface area contributed by atoms with Crippen molar-refractivity contribution in [2.75, 3.05) is 0 Å². The number of nitrogens with two attached hydrogens (primary N) is 1. The van der Waals surface area contributed by atoms with E-state index in [9.17, 15) is 0 Å². The van der Waals surface area contributed by atoms with Crippen LogP contribution in [-0.4, -0.2) is 10.1 Å². The Balaban J connectivity index is 1.77. The van der Waals surface area contributed by atoms with Gasteiger partial charge in [0.05, 0.1) is 5.54 Å².